The first-order valence-electron chi connectivity index (χ1n) is 6.09. The van der Waals surface area contributed by atoms with Crippen LogP contribution in [0.1, 0.15) is 26.2 Å². The highest BCUT2D eigenvalue weighted by molar-refractivity contribution is 5.89. The Hall–Kier alpha value is -1.91. The van der Waals surface area contributed by atoms with Crippen LogP contribution in [0.25, 0.3) is 0 Å². The number of hydrogen-bond donors (Lipinski definition) is 3. The van der Waals surface area contributed by atoms with E-state index in [1.165, 1.54) is 13.2 Å². The zero-order valence-electron chi connectivity index (χ0n) is 10.8. The van der Waals surface area contributed by atoms with Gasteiger partial charge in [-0.15, -0.1) is 0 Å². The molecule has 5 heteroatoms. The fourth-order valence-corrected chi connectivity index (χ4v) is 1.51. The Bertz CT molecular complexity index is 394. The molecule has 1 rings (SSSR count). The first-order valence-corrected chi connectivity index (χ1v) is 6.09. The van der Waals surface area contributed by atoms with E-state index in [4.69, 9.17) is 4.74 Å². The van der Waals surface area contributed by atoms with E-state index in [9.17, 15) is 9.90 Å². The number of anilines is 1. The van der Waals surface area contributed by atoms with Gasteiger partial charge in [-0.2, -0.15) is 0 Å². The molecule has 0 bridgehead atoms. The number of methoxy groups -OCH3 is 1. The average molecular weight is 252 g/mol. The van der Waals surface area contributed by atoms with E-state index < -0.39 is 0 Å². The van der Waals surface area contributed by atoms with Crippen molar-refractivity contribution in [3.8, 4) is 11.5 Å². The number of phenols is 1. The van der Waals surface area contributed by atoms with Crippen LogP contribution in [0.2, 0.25) is 0 Å². The number of hydrogen-bond acceptors (Lipinski definition) is 3. The molecule has 0 radical (unpaired) electrons. The summed E-state index contributed by atoms with van der Waals surface area (Å²) in [4.78, 5) is 11.5. The van der Waals surface area contributed by atoms with E-state index in [0.29, 0.717) is 18.0 Å². The summed E-state index contributed by atoms with van der Waals surface area (Å²) < 4.78 is 4.96. The van der Waals surface area contributed by atoms with Crippen molar-refractivity contribution in [3.63, 3.8) is 0 Å². The number of unbranched alkanes of at least 4 members (excludes halogenated alkanes) is 2. The first-order chi connectivity index (χ1) is 8.67. The number of ether oxygens (including phenoxy) is 1. The van der Waals surface area contributed by atoms with Gasteiger partial charge in [-0.25, -0.2) is 4.79 Å². The summed E-state index contributed by atoms with van der Waals surface area (Å²) in [6.07, 6.45) is 3.20. The SMILES string of the molecule is CCCCCNC(=O)Nc1ccc(O)c(OC)c1. The largest absolute Gasteiger partial charge is 0.504 e. The summed E-state index contributed by atoms with van der Waals surface area (Å²) >= 11 is 0. The summed E-state index contributed by atoms with van der Waals surface area (Å²) in [6, 6.07) is 4.41. The molecule has 0 unspecified atom stereocenters. The standard InChI is InChI=1S/C13H20N2O3/c1-3-4-5-8-14-13(17)15-10-6-7-11(16)12(9-10)18-2/h6-7,9,16H,3-5,8H2,1-2H3,(H2,14,15,17). The smallest absolute Gasteiger partial charge is 0.319 e. The normalized spacial score (nSPS) is 9.89. The second kappa shape index (κ2) is 7.42. The molecule has 0 aliphatic carbocycles. The van der Waals surface area contributed by atoms with Gasteiger partial charge in [0.2, 0.25) is 0 Å². The molecule has 0 spiro atoms. The summed E-state index contributed by atoms with van der Waals surface area (Å²) in [5, 5.41) is 14.9. The van der Waals surface area contributed by atoms with Gasteiger partial charge >= 0.3 is 6.03 Å². The first kappa shape index (κ1) is 14.2. The maximum Gasteiger partial charge on any atom is 0.319 e. The Morgan fingerprint density at radius 3 is 2.83 bits per heavy atom. The van der Waals surface area contributed by atoms with Gasteiger partial charge in [0.1, 0.15) is 0 Å². The van der Waals surface area contributed by atoms with E-state index >= 15 is 0 Å². The molecule has 5 nitrogen and oxygen atoms in total. The van der Waals surface area contributed by atoms with Gasteiger partial charge in [-0.1, -0.05) is 19.8 Å². The number of carbonyl (C=O) groups is 1. The van der Waals surface area contributed by atoms with Crippen LogP contribution in [0.3, 0.4) is 0 Å². The van der Waals surface area contributed by atoms with Crippen LogP contribution in [0, 0.1) is 0 Å². The summed E-state index contributed by atoms with van der Waals surface area (Å²) in [7, 11) is 1.46. The average Bonchev–Trinajstić information content (AvgIpc) is 2.37. The third-order valence-corrected chi connectivity index (χ3v) is 2.50. The lowest BCUT2D eigenvalue weighted by Gasteiger charge is -2.09. The van der Waals surface area contributed by atoms with E-state index in [1.807, 2.05) is 0 Å². The third kappa shape index (κ3) is 4.53. The molecule has 0 saturated carbocycles. The molecule has 0 aliphatic rings. The second-order valence-electron chi connectivity index (χ2n) is 3.97. The van der Waals surface area contributed by atoms with E-state index in [0.717, 1.165) is 19.3 Å². The molecule has 3 N–H and O–H groups in total. The molecular weight excluding hydrogens is 232 g/mol. The predicted molar refractivity (Wildman–Crippen MR) is 71.2 cm³/mol. The van der Waals surface area contributed by atoms with Gasteiger partial charge in [0.15, 0.2) is 11.5 Å². The summed E-state index contributed by atoms with van der Waals surface area (Å²) in [5.74, 6) is 0.380. The van der Waals surface area contributed by atoms with Crippen molar-refractivity contribution in [3.05, 3.63) is 18.2 Å². The van der Waals surface area contributed by atoms with Crippen LogP contribution in [0.15, 0.2) is 18.2 Å². The topological polar surface area (TPSA) is 70.6 Å². The van der Waals surface area contributed by atoms with Crippen molar-refractivity contribution in [2.45, 2.75) is 26.2 Å². The molecule has 0 aromatic heterocycles. The zero-order chi connectivity index (χ0) is 13.4. The molecule has 1 aromatic rings. The summed E-state index contributed by atoms with van der Waals surface area (Å²) in [6.45, 7) is 2.78. The molecule has 0 heterocycles. The highest BCUT2D eigenvalue weighted by atomic mass is 16.5. The minimum absolute atomic E-state index is 0.0476. The molecule has 18 heavy (non-hydrogen) atoms. The Kier molecular flexibility index (Phi) is 5.84. The van der Waals surface area contributed by atoms with Crippen LogP contribution in [-0.4, -0.2) is 24.8 Å². The number of carbonyl (C=O) groups excluding carboxylic acids is 1. The fraction of sp³-hybridized carbons (Fsp3) is 0.462. The fourth-order valence-electron chi connectivity index (χ4n) is 1.51. The lowest BCUT2D eigenvalue weighted by molar-refractivity contribution is 0.252. The Morgan fingerprint density at radius 1 is 1.39 bits per heavy atom. The van der Waals surface area contributed by atoms with E-state index in [-0.39, 0.29) is 11.8 Å². The number of urea groups is 1. The van der Waals surface area contributed by atoms with Crippen molar-refractivity contribution in [1.82, 2.24) is 5.32 Å². The number of phenolic OH excluding ortho intramolecular Hbond substituents is 1. The maximum atomic E-state index is 11.5. The number of aromatic hydroxyl groups is 1. The highest BCUT2D eigenvalue weighted by Crippen LogP contribution is 2.28. The molecule has 0 aliphatic heterocycles. The molecule has 1 aromatic carbocycles. The molecule has 0 saturated heterocycles. The van der Waals surface area contributed by atoms with Gasteiger partial charge < -0.3 is 20.5 Å². The van der Waals surface area contributed by atoms with Crippen molar-refractivity contribution >= 4 is 11.7 Å². The molecular formula is C13H20N2O3. The van der Waals surface area contributed by atoms with Crippen molar-refractivity contribution < 1.29 is 14.6 Å². The number of nitrogens with one attached hydrogen (secondary N) is 2. The van der Waals surface area contributed by atoms with Crippen LogP contribution in [0.5, 0.6) is 11.5 Å². The van der Waals surface area contributed by atoms with Gasteiger partial charge in [-0.05, 0) is 18.6 Å². The molecule has 0 fully saturated rings. The Balaban J connectivity index is 2.44. The number of amides is 2. The summed E-state index contributed by atoms with van der Waals surface area (Å²) in [5.41, 5.74) is 0.581. The van der Waals surface area contributed by atoms with Crippen LogP contribution >= 0.6 is 0 Å². The predicted octanol–water partition coefficient (Wildman–Crippen LogP) is 2.71. The number of benzene rings is 1. The minimum atomic E-state index is -0.251. The second-order valence-corrected chi connectivity index (χ2v) is 3.97. The van der Waals surface area contributed by atoms with E-state index in [1.54, 1.807) is 12.1 Å². The lowest BCUT2D eigenvalue weighted by atomic mass is 10.2. The van der Waals surface area contributed by atoms with Crippen molar-refractivity contribution in [1.29, 1.82) is 0 Å². The van der Waals surface area contributed by atoms with Crippen LogP contribution in [0.4, 0.5) is 10.5 Å². The zero-order valence-corrected chi connectivity index (χ0v) is 10.8. The quantitative estimate of drug-likeness (QED) is 0.538. The molecule has 100 valence electrons. The van der Waals surface area contributed by atoms with Gasteiger partial charge in [0.05, 0.1) is 7.11 Å². The Labute approximate surface area is 107 Å². The Morgan fingerprint density at radius 2 is 2.17 bits per heavy atom. The maximum absolute atomic E-state index is 11.5. The van der Waals surface area contributed by atoms with Crippen molar-refractivity contribution in [2.75, 3.05) is 19.0 Å². The molecule has 0 atom stereocenters. The molecule has 2 amide bonds. The van der Waals surface area contributed by atoms with Gasteiger partial charge in [0.25, 0.3) is 0 Å². The number of rotatable bonds is 6. The van der Waals surface area contributed by atoms with E-state index in [2.05, 4.69) is 17.6 Å². The highest BCUT2D eigenvalue weighted by Gasteiger charge is 2.05. The lowest BCUT2D eigenvalue weighted by Crippen LogP contribution is -2.29. The van der Waals surface area contributed by atoms with Crippen LogP contribution < -0.4 is 15.4 Å². The van der Waals surface area contributed by atoms with Crippen molar-refractivity contribution in [2.24, 2.45) is 0 Å². The third-order valence-electron chi connectivity index (χ3n) is 2.50. The van der Waals surface area contributed by atoms with Gasteiger partial charge in [0, 0.05) is 18.3 Å². The van der Waals surface area contributed by atoms with Gasteiger partial charge in [-0.3, -0.25) is 0 Å². The van der Waals surface area contributed by atoms with Crippen LogP contribution in [-0.2, 0) is 0 Å². The minimum Gasteiger partial charge on any atom is -0.504 e. The monoisotopic (exact) mass is 252 g/mol.